The predicted octanol–water partition coefficient (Wildman–Crippen LogP) is 0.494. The zero-order valence-electron chi connectivity index (χ0n) is 12.4. The highest BCUT2D eigenvalue weighted by atomic mass is 16.4. The van der Waals surface area contributed by atoms with Gasteiger partial charge in [-0.15, -0.1) is 0 Å². The molecule has 1 saturated carbocycles. The molecular weight excluding hydrogens is 272 g/mol. The van der Waals surface area contributed by atoms with Crippen LogP contribution in [0, 0.1) is 23.7 Å². The third-order valence-corrected chi connectivity index (χ3v) is 4.45. The number of amides is 2. The second kappa shape index (κ2) is 6.28. The van der Waals surface area contributed by atoms with Crippen molar-refractivity contribution < 1.29 is 19.5 Å². The summed E-state index contributed by atoms with van der Waals surface area (Å²) in [6, 6.07) is 0. The third kappa shape index (κ3) is 2.94. The van der Waals surface area contributed by atoms with E-state index in [1.54, 1.807) is 0 Å². The summed E-state index contributed by atoms with van der Waals surface area (Å²) in [7, 11) is 1.53. The maximum Gasteiger partial charge on any atom is 0.307 e. The average molecular weight is 294 g/mol. The first-order chi connectivity index (χ1) is 9.99. The minimum atomic E-state index is -0.915. The van der Waals surface area contributed by atoms with Gasteiger partial charge >= 0.3 is 5.97 Å². The molecular formula is C15H22N2O4. The van der Waals surface area contributed by atoms with Crippen molar-refractivity contribution in [1.29, 1.82) is 0 Å². The Morgan fingerprint density at radius 1 is 1.24 bits per heavy atom. The number of fused-ring (bicyclic) bond motifs is 2. The van der Waals surface area contributed by atoms with Gasteiger partial charge in [-0.25, -0.2) is 0 Å². The molecule has 4 atom stereocenters. The van der Waals surface area contributed by atoms with E-state index in [9.17, 15) is 19.5 Å². The summed E-state index contributed by atoms with van der Waals surface area (Å²) in [6.07, 6.45) is 5.33. The van der Waals surface area contributed by atoms with E-state index in [1.807, 2.05) is 19.1 Å². The molecule has 116 valence electrons. The van der Waals surface area contributed by atoms with Crippen molar-refractivity contribution in [3.8, 4) is 0 Å². The highest BCUT2D eigenvalue weighted by Crippen LogP contribution is 2.48. The number of rotatable bonds is 6. The number of nitrogens with one attached hydrogen (secondary N) is 1. The summed E-state index contributed by atoms with van der Waals surface area (Å²) in [4.78, 5) is 37.3. The van der Waals surface area contributed by atoms with Crippen molar-refractivity contribution in [3.05, 3.63) is 12.2 Å². The standard InChI is InChI=1S/C15H22N2O4/c1-3-6-17(8-11(18)16-2)14(19)12-9-4-5-10(7-9)13(12)15(20)21/h4-5,9-10,12-13H,3,6-8H2,1-2H3,(H,16,18)(H,20,21)/t9?,10?,12-,13+/m0/s1. The van der Waals surface area contributed by atoms with Crippen LogP contribution in [0.4, 0.5) is 0 Å². The Balaban J connectivity index is 2.17. The molecule has 2 rings (SSSR count). The Morgan fingerprint density at radius 3 is 2.38 bits per heavy atom. The highest BCUT2D eigenvalue weighted by molar-refractivity contribution is 5.90. The molecule has 2 aliphatic rings. The number of likely N-dealkylation sites (N-methyl/N-ethyl adjacent to an activating group) is 1. The van der Waals surface area contributed by atoms with Gasteiger partial charge in [0, 0.05) is 13.6 Å². The Bertz CT molecular complexity index is 474. The van der Waals surface area contributed by atoms with Crippen LogP contribution in [0.15, 0.2) is 12.2 Å². The van der Waals surface area contributed by atoms with Gasteiger partial charge in [0.25, 0.3) is 0 Å². The number of carbonyl (C=O) groups excluding carboxylic acids is 2. The van der Waals surface area contributed by atoms with Crippen molar-refractivity contribution in [2.45, 2.75) is 19.8 Å². The maximum atomic E-state index is 12.7. The van der Waals surface area contributed by atoms with Crippen LogP contribution in [0.2, 0.25) is 0 Å². The zero-order chi connectivity index (χ0) is 15.6. The van der Waals surface area contributed by atoms with Gasteiger partial charge in [0.15, 0.2) is 0 Å². The van der Waals surface area contributed by atoms with Crippen LogP contribution in [-0.4, -0.2) is 47.9 Å². The molecule has 1 fully saturated rings. The minimum Gasteiger partial charge on any atom is -0.481 e. The lowest BCUT2D eigenvalue weighted by molar-refractivity contribution is -0.151. The number of hydrogen-bond acceptors (Lipinski definition) is 3. The van der Waals surface area contributed by atoms with Crippen LogP contribution in [0.5, 0.6) is 0 Å². The number of nitrogens with zero attached hydrogens (tertiary/aromatic N) is 1. The molecule has 0 aliphatic heterocycles. The lowest BCUT2D eigenvalue weighted by Gasteiger charge is -2.30. The first-order valence-electron chi connectivity index (χ1n) is 7.40. The van der Waals surface area contributed by atoms with E-state index in [1.165, 1.54) is 11.9 Å². The molecule has 0 saturated heterocycles. The van der Waals surface area contributed by atoms with E-state index in [2.05, 4.69) is 5.32 Å². The molecule has 0 aromatic rings. The van der Waals surface area contributed by atoms with Gasteiger partial charge in [0.2, 0.25) is 11.8 Å². The van der Waals surface area contributed by atoms with Gasteiger partial charge in [0.05, 0.1) is 18.4 Å². The van der Waals surface area contributed by atoms with Crippen LogP contribution < -0.4 is 5.32 Å². The fourth-order valence-electron chi connectivity index (χ4n) is 3.50. The van der Waals surface area contributed by atoms with Crippen molar-refractivity contribution >= 4 is 17.8 Å². The van der Waals surface area contributed by atoms with E-state index >= 15 is 0 Å². The molecule has 2 aliphatic carbocycles. The maximum absolute atomic E-state index is 12.7. The minimum absolute atomic E-state index is 0.00681. The number of allylic oxidation sites excluding steroid dienone is 2. The van der Waals surface area contributed by atoms with Crippen LogP contribution in [0.25, 0.3) is 0 Å². The first-order valence-corrected chi connectivity index (χ1v) is 7.40. The number of aliphatic carboxylic acids is 1. The van der Waals surface area contributed by atoms with Crippen molar-refractivity contribution in [2.24, 2.45) is 23.7 Å². The molecule has 2 unspecified atom stereocenters. The smallest absolute Gasteiger partial charge is 0.307 e. The summed E-state index contributed by atoms with van der Waals surface area (Å²) in [6.45, 7) is 2.39. The molecule has 2 amide bonds. The molecule has 0 aromatic heterocycles. The highest BCUT2D eigenvalue weighted by Gasteiger charge is 2.52. The first kappa shape index (κ1) is 15.5. The van der Waals surface area contributed by atoms with Crippen LogP contribution in [0.1, 0.15) is 19.8 Å². The summed E-state index contributed by atoms with van der Waals surface area (Å²) in [5.74, 6) is -2.60. The van der Waals surface area contributed by atoms with Gasteiger partial charge in [0.1, 0.15) is 0 Å². The molecule has 6 nitrogen and oxygen atoms in total. The van der Waals surface area contributed by atoms with Crippen molar-refractivity contribution in [2.75, 3.05) is 20.1 Å². The Morgan fingerprint density at radius 2 is 1.86 bits per heavy atom. The molecule has 0 aromatic carbocycles. The van der Waals surface area contributed by atoms with Crippen LogP contribution in [-0.2, 0) is 14.4 Å². The number of carboxylic acids is 1. The van der Waals surface area contributed by atoms with E-state index in [-0.39, 0.29) is 30.2 Å². The molecule has 21 heavy (non-hydrogen) atoms. The van der Waals surface area contributed by atoms with Crippen molar-refractivity contribution in [3.63, 3.8) is 0 Å². The largest absolute Gasteiger partial charge is 0.481 e. The van der Waals surface area contributed by atoms with Crippen LogP contribution in [0.3, 0.4) is 0 Å². The third-order valence-electron chi connectivity index (χ3n) is 4.45. The monoisotopic (exact) mass is 294 g/mol. The molecule has 6 heteroatoms. The van der Waals surface area contributed by atoms with E-state index < -0.39 is 17.8 Å². The fourth-order valence-corrected chi connectivity index (χ4v) is 3.50. The van der Waals surface area contributed by atoms with Crippen LogP contribution >= 0.6 is 0 Å². The number of carboxylic acid groups (broad SMARTS) is 1. The Labute approximate surface area is 124 Å². The second-order valence-electron chi connectivity index (χ2n) is 5.77. The quantitative estimate of drug-likeness (QED) is 0.698. The number of hydrogen-bond donors (Lipinski definition) is 2. The van der Waals surface area contributed by atoms with Gasteiger partial charge in [-0.2, -0.15) is 0 Å². The molecule has 0 radical (unpaired) electrons. The average Bonchev–Trinajstić information content (AvgIpc) is 3.06. The summed E-state index contributed by atoms with van der Waals surface area (Å²) in [5.41, 5.74) is 0. The van der Waals surface area contributed by atoms with Gasteiger partial charge in [-0.1, -0.05) is 19.1 Å². The lowest BCUT2D eigenvalue weighted by Crippen LogP contribution is -2.46. The van der Waals surface area contributed by atoms with E-state index in [4.69, 9.17) is 0 Å². The van der Waals surface area contributed by atoms with Crippen molar-refractivity contribution in [1.82, 2.24) is 10.2 Å². The fraction of sp³-hybridized carbons (Fsp3) is 0.667. The second-order valence-corrected chi connectivity index (χ2v) is 5.77. The van der Waals surface area contributed by atoms with Gasteiger partial charge < -0.3 is 15.3 Å². The summed E-state index contributed by atoms with van der Waals surface area (Å²) < 4.78 is 0. The molecule has 2 bridgehead atoms. The Kier molecular flexibility index (Phi) is 4.65. The van der Waals surface area contributed by atoms with E-state index in [0.717, 1.165) is 12.8 Å². The summed E-state index contributed by atoms with van der Waals surface area (Å²) >= 11 is 0. The number of carbonyl (C=O) groups is 3. The zero-order valence-corrected chi connectivity index (χ0v) is 12.4. The summed E-state index contributed by atoms with van der Waals surface area (Å²) in [5, 5.41) is 11.9. The lowest BCUT2D eigenvalue weighted by atomic mass is 9.82. The van der Waals surface area contributed by atoms with Gasteiger partial charge in [-0.05, 0) is 24.7 Å². The predicted molar refractivity (Wildman–Crippen MR) is 76.3 cm³/mol. The topological polar surface area (TPSA) is 86.7 Å². The molecule has 0 heterocycles. The Hall–Kier alpha value is -1.85. The molecule has 2 N–H and O–H groups in total. The SMILES string of the molecule is CCCN(CC(=O)NC)C(=O)[C@H]1C2C=CC(C2)[C@H]1C(=O)O. The normalized spacial score (nSPS) is 29.4. The molecule has 0 spiro atoms. The van der Waals surface area contributed by atoms with Gasteiger partial charge in [-0.3, -0.25) is 14.4 Å². The van der Waals surface area contributed by atoms with E-state index in [0.29, 0.717) is 6.54 Å².